The second kappa shape index (κ2) is 8.40. The minimum Gasteiger partial charge on any atom is -0.479 e. The molecule has 1 amide bonds. The lowest BCUT2D eigenvalue weighted by Gasteiger charge is -2.27. The van der Waals surface area contributed by atoms with Gasteiger partial charge in [-0.2, -0.15) is 8.78 Å². The smallest absolute Gasteiger partial charge is 0.387 e. The summed E-state index contributed by atoms with van der Waals surface area (Å²) in [4.78, 5) is 13.6. The molecule has 3 rings (SSSR count). The van der Waals surface area contributed by atoms with Crippen LogP contribution >= 0.6 is 11.8 Å². The first kappa shape index (κ1) is 18.5. The van der Waals surface area contributed by atoms with Crippen LogP contribution in [0.25, 0.3) is 0 Å². The topological polar surface area (TPSA) is 47.6 Å². The first-order chi connectivity index (χ1) is 12.6. The normalized spacial score (nSPS) is 17.2. The standard InChI is InChI=1S/C19H19F2NO3S/c1-2-13(12-7-3-4-8-14(12)25-19(20)21)22-18(23)16-11-26-17-10-6-5-9-15(17)24-16/h3-10,13,16,19H,2,11H2,1H3,(H,22,23)/t13-,16-/m0/s1. The van der Waals surface area contributed by atoms with Gasteiger partial charge < -0.3 is 14.8 Å². The van der Waals surface area contributed by atoms with Gasteiger partial charge in [-0.1, -0.05) is 37.3 Å². The summed E-state index contributed by atoms with van der Waals surface area (Å²) in [6.07, 6.45) is -0.0988. The van der Waals surface area contributed by atoms with Crippen LogP contribution in [-0.2, 0) is 4.79 Å². The first-order valence-corrected chi connectivity index (χ1v) is 9.29. The van der Waals surface area contributed by atoms with Gasteiger partial charge >= 0.3 is 6.61 Å². The van der Waals surface area contributed by atoms with E-state index in [2.05, 4.69) is 10.1 Å². The molecule has 0 aliphatic carbocycles. The van der Waals surface area contributed by atoms with E-state index in [9.17, 15) is 13.6 Å². The van der Waals surface area contributed by atoms with Crippen molar-refractivity contribution in [1.29, 1.82) is 0 Å². The summed E-state index contributed by atoms with van der Waals surface area (Å²) in [5.41, 5.74) is 0.521. The molecule has 2 atom stereocenters. The summed E-state index contributed by atoms with van der Waals surface area (Å²) in [5.74, 6) is 0.970. The highest BCUT2D eigenvalue weighted by Crippen LogP contribution is 2.35. The maximum atomic E-state index is 12.6. The molecule has 1 aliphatic heterocycles. The molecule has 7 heteroatoms. The molecule has 138 valence electrons. The molecule has 0 unspecified atom stereocenters. The average molecular weight is 379 g/mol. The van der Waals surface area contributed by atoms with Gasteiger partial charge in [-0.3, -0.25) is 4.79 Å². The average Bonchev–Trinajstić information content (AvgIpc) is 2.65. The number of fused-ring (bicyclic) bond motifs is 1. The summed E-state index contributed by atoms with van der Waals surface area (Å²) in [5, 5.41) is 2.89. The van der Waals surface area contributed by atoms with E-state index in [0.717, 1.165) is 4.90 Å². The zero-order chi connectivity index (χ0) is 18.5. The van der Waals surface area contributed by atoms with Crippen molar-refractivity contribution in [3.63, 3.8) is 0 Å². The Hall–Kier alpha value is -2.28. The van der Waals surface area contributed by atoms with Gasteiger partial charge in [0.2, 0.25) is 0 Å². The van der Waals surface area contributed by atoms with Crippen molar-refractivity contribution in [3.8, 4) is 11.5 Å². The van der Waals surface area contributed by atoms with Crippen LogP contribution in [0.4, 0.5) is 8.78 Å². The van der Waals surface area contributed by atoms with Crippen LogP contribution < -0.4 is 14.8 Å². The molecule has 1 aliphatic rings. The fourth-order valence-corrected chi connectivity index (χ4v) is 3.77. The van der Waals surface area contributed by atoms with Crippen molar-refractivity contribution < 1.29 is 23.0 Å². The number of hydrogen-bond donors (Lipinski definition) is 1. The summed E-state index contributed by atoms with van der Waals surface area (Å²) in [7, 11) is 0. The number of carbonyl (C=O) groups is 1. The Kier molecular flexibility index (Phi) is 5.98. The second-order valence-corrected chi connectivity index (χ2v) is 6.81. The molecule has 0 saturated heterocycles. The Labute approximate surface area is 154 Å². The Balaban J connectivity index is 1.72. The Morgan fingerprint density at radius 2 is 2.00 bits per heavy atom. The van der Waals surface area contributed by atoms with E-state index in [4.69, 9.17) is 4.74 Å². The van der Waals surface area contributed by atoms with E-state index >= 15 is 0 Å². The number of rotatable bonds is 6. The zero-order valence-corrected chi connectivity index (χ0v) is 15.0. The van der Waals surface area contributed by atoms with Crippen LogP contribution in [0.15, 0.2) is 53.4 Å². The van der Waals surface area contributed by atoms with E-state index in [1.165, 1.54) is 6.07 Å². The van der Waals surface area contributed by atoms with Gasteiger partial charge in [0.25, 0.3) is 5.91 Å². The van der Waals surface area contributed by atoms with Gasteiger partial charge in [0.05, 0.1) is 6.04 Å². The molecule has 1 heterocycles. The Bertz CT molecular complexity index is 772. The number of ether oxygens (including phenoxy) is 2. The zero-order valence-electron chi connectivity index (χ0n) is 14.2. The highest BCUT2D eigenvalue weighted by Gasteiger charge is 2.29. The molecule has 1 N–H and O–H groups in total. The molecule has 0 radical (unpaired) electrons. The Morgan fingerprint density at radius 3 is 2.77 bits per heavy atom. The maximum Gasteiger partial charge on any atom is 0.387 e. The predicted octanol–water partition coefficient (Wildman–Crippen LogP) is 4.41. The number of halogens is 2. The van der Waals surface area contributed by atoms with Gasteiger partial charge in [0.1, 0.15) is 11.5 Å². The highest BCUT2D eigenvalue weighted by molar-refractivity contribution is 7.99. The van der Waals surface area contributed by atoms with Crippen LogP contribution in [0.2, 0.25) is 0 Å². The Morgan fingerprint density at radius 1 is 1.27 bits per heavy atom. The summed E-state index contributed by atoms with van der Waals surface area (Å²) in [6.45, 7) is -1.05. The molecule has 0 saturated carbocycles. The van der Waals surface area contributed by atoms with Gasteiger partial charge in [0.15, 0.2) is 6.10 Å². The van der Waals surface area contributed by atoms with E-state index < -0.39 is 18.8 Å². The molecule has 2 aromatic rings. The number of carbonyl (C=O) groups excluding carboxylic acids is 1. The number of nitrogens with one attached hydrogen (secondary N) is 1. The highest BCUT2D eigenvalue weighted by atomic mass is 32.2. The minimum absolute atomic E-state index is 0.0685. The van der Waals surface area contributed by atoms with Crippen molar-refractivity contribution in [2.75, 3.05) is 5.75 Å². The first-order valence-electron chi connectivity index (χ1n) is 8.31. The molecule has 0 aromatic heterocycles. The van der Waals surface area contributed by atoms with Crippen LogP contribution in [0.5, 0.6) is 11.5 Å². The van der Waals surface area contributed by atoms with E-state index in [1.807, 2.05) is 31.2 Å². The third kappa shape index (κ3) is 4.27. The molecule has 0 spiro atoms. The summed E-state index contributed by atoms with van der Waals surface area (Å²) in [6, 6.07) is 13.6. The summed E-state index contributed by atoms with van der Waals surface area (Å²) < 4.78 is 35.6. The van der Waals surface area contributed by atoms with Gasteiger partial charge in [0, 0.05) is 16.2 Å². The van der Waals surface area contributed by atoms with Crippen molar-refractivity contribution in [2.24, 2.45) is 0 Å². The number of benzene rings is 2. The maximum absolute atomic E-state index is 12.6. The molecule has 26 heavy (non-hydrogen) atoms. The lowest BCUT2D eigenvalue weighted by atomic mass is 10.0. The van der Waals surface area contributed by atoms with Crippen LogP contribution in [0, 0.1) is 0 Å². The minimum atomic E-state index is -2.92. The van der Waals surface area contributed by atoms with Crippen LogP contribution in [0.3, 0.4) is 0 Å². The molecular formula is C19H19F2NO3S. The SMILES string of the molecule is CC[C@H](NC(=O)[C@@H]1CSc2ccccc2O1)c1ccccc1OC(F)F. The predicted molar refractivity (Wildman–Crippen MR) is 95.8 cm³/mol. The third-order valence-electron chi connectivity index (χ3n) is 4.04. The van der Waals surface area contributed by atoms with Crippen molar-refractivity contribution in [2.45, 2.75) is 37.0 Å². The van der Waals surface area contributed by atoms with E-state index in [-0.39, 0.29) is 11.7 Å². The lowest BCUT2D eigenvalue weighted by Crippen LogP contribution is -2.42. The van der Waals surface area contributed by atoms with E-state index in [1.54, 1.807) is 30.0 Å². The monoisotopic (exact) mass is 379 g/mol. The van der Waals surface area contributed by atoms with Crippen molar-refractivity contribution in [3.05, 3.63) is 54.1 Å². The third-order valence-corrected chi connectivity index (χ3v) is 5.15. The fraction of sp³-hybridized carbons (Fsp3) is 0.316. The number of amides is 1. The molecule has 0 bridgehead atoms. The van der Waals surface area contributed by atoms with Gasteiger partial charge in [-0.15, -0.1) is 11.8 Å². The van der Waals surface area contributed by atoms with Crippen molar-refractivity contribution >= 4 is 17.7 Å². The molecule has 0 fully saturated rings. The van der Waals surface area contributed by atoms with Crippen molar-refractivity contribution in [1.82, 2.24) is 5.32 Å². The number of thioether (sulfide) groups is 1. The quantitative estimate of drug-likeness (QED) is 0.808. The summed E-state index contributed by atoms with van der Waals surface area (Å²) >= 11 is 1.56. The second-order valence-electron chi connectivity index (χ2n) is 5.75. The largest absolute Gasteiger partial charge is 0.479 e. The van der Waals surface area contributed by atoms with Crippen LogP contribution in [0.1, 0.15) is 24.9 Å². The van der Waals surface area contributed by atoms with E-state index in [0.29, 0.717) is 23.5 Å². The lowest BCUT2D eigenvalue weighted by molar-refractivity contribution is -0.128. The van der Waals surface area contributed by atoms with Gasteiger partial charge in [-0.05, 0) is 24.6 Å². The number of alkyl halides is 2. The molecular weight excluding hydrogens is 360 g/mol. The number of para-hydroxylation sites is 2. The van der Waals surface area contributed by atoms with Gasteiger partial charge in [-0.25, -0.2) is 0 Å². The fourth-order valence-electron chi connectivity index (χ4n) is 2.78. The molecule has 2 aromatic carbocycles. The van der Waals surface area contributed by atoms with Crippen LogP contribution in [-0.4, -0.2) is 24.4 Å². The molecule has 4 nitrogen and oxygen atoms in total. The number of hydrogen-bond acceptors (Lipinski definition) is 4.